The summed E-state index contributed by atoms with van der Waals surface area (Å²) in [6.07, 6.45) is 2.08. The molecule has 26 heavy (non-hydrogen) atoms. The maximum atomic E-state index is 12.7. The molecule has 0 saturated heterocycles. The van der Waals surface area contributed by atoms with E-state index in [-0.39, 0.29) is 18.6 Å². The van der Waals surface area contributed by atoms with Crippen LogP contribution < -0.4 is 10.1 Å². The van der Waals surface area contributed by atoms with Crippen molar-refractivity contribution in [3.8, 4) is 5.75 Å². The van der Waals surface area contributed by atoms with Gasteiger partial charge < -0.3 is 15.2 Å². The van der Waals surface area contributed by atoms with Gasteiger partial charge in [0.15, 0.2) is 0 Å². The van der Waals surface area contributed by atoms with Gasteiger partial charge in [-0.3, -0.25) is 9.78 Å². The topological polar surface area (TPSA) is 71.5 Å². The quantitative estimate of drug-likeness (QED) is 0.642. The average molecular weight is 415 g/mol. The number of benzene rings is 2. The number of halogens is 1. The normalized spacial score (nSPS) is 12.0. The smallest absolute Gasteiger partial charge is 0.270 e. The molecule has 1 aromatic heterocycles. The van der Waals surface area contributed by atoms with Gasteiger partial charge >= 0.3 is 0 Å². The number of amides is 1. The van der Waals surface area contributed by atoms with E-state index in [0.29, 0.717) is 17.9 Å². The summed E-state index contributed by atoms with van der Waals surface area (Å²) in [7, 11) is 1.59. The van der Waals surface area contributed by atoms with Crippen LogP contribution in [0.1, 0.15) is 28.5 Å². The van der Waals surface area contributed by atoms with Crippen molar-refractivity contribution in [3.05, 3.63) is 70.5 Å². The van der Waals surface area contributed by atoms with E-state index in [1.807, 2.05) is 42.5 Å². The molecule has 134 valence electrons. The number of aliphatic hydroxyl groups excluding tert-OH is 1. The van der Waals surface area contributed by atoms with Gasteiger partial charge in [0.2, 0.25) is 0 Å². The van der Waals surface area contributed by atoms with E-state index in [9.17, 15) is 9.90 Å². The fourth-order valence-electron chi connectivity index (χ4n) is 2.78. The van der Waals surface area contributed by atoms with Gasteiger partial charge in [0.25, 0.3) is 5.91 Å². The Balaban J connectivity index is 1.85. The van der Waals surface area contributed by atoms with Gasteiger partial charge in [-0.05, 0) is 47.7 Å². The van der Waals surface area contributed by atoms with Crippen molar-refractivity contribution < 1.29 is 14.6 Å². The summed E-state index contributed by atoms with van der Waals surface area (Å²) in [4.78, 5) is 17.0. The number of nitrogens with one attached hydrogen (secondary N) is 1. The van der Waals surface area contributed by atoms with Crippen molar-refractivity contribution in [2.75, 3.05) is 13.7 Å². The number of pyridine rings is 1. The highest BCUT2D eigenvalue weighted by Crippen LogP contribution is 2.23. The molecule has 3 rings (SSSR count). The summed E-state index contributed by atoms with van der Waals surface area (Å²) in [5.74, 6) is 0.418. The minimum absolute atomic E-state index is 0.0414. The first-order valence-corrected chi connectivity index (χ1v) is 9.01. The van der Waals surface area contributed by atoms with Crippen molar-refractivity contribution in [2.24, 2.45) is 0 Å². The maximum Gasteiger partial charge on any atom is 0.270 e. The zero-order valence-electron chi connectivity index (χ0n) is 14.3. The Hall–Kier alpha value is -2.44. The largest absolute Gasteiger partial charge is 0.497 e. The first kappa shape index (κ1) is 18.4. The molecule has 0 aliphatic rings. The van der Waals surface area contributed by atoms with Crippen LogP contribution in [0.2, 0.25) is 0 Å². The Kier molecular flexibility index (Phi) is 5.85. The number of aliphatic hydroxyl groups is 1. The summed E-state index contributed by atoms with van der Waals surface area (Å²) in [6.45, 7) is -0.0414. The van der Waals surface area contributed by atoms with Gasteiger partial charge in [-0.15, -0.1) is 0 Å². The predicted octanol–water partition coefficient (Wildman–Crippen LogP) is 3.86. The number of aromatic nitrogens is 1. The fraction of sp³-hybridized carbons (Fsp3) is 0.200. The van der Waals surface area contributed by atoms with Crippen molar-refractivity contribution in [1.29, 1.82) is 0 Å². The molecule has 1 unspecified atom stereocenters. The molecule has 3 aromatic rings. The number of hydrogen-bond donors (Lipinski definition) is 2. The second-order valence-corrected chi connectivity index (χ2v) is 6.79. The number of rotatable bonds is 6. The molecule has 0 bridgehead atoms. The zero-order valence-corrected chi connectivity index (χ0v) is 15.9. The van der Waals surface area contributed by atoms with Gasteiger partial charge in [0.1, 0.15) is 11.4 Å². The highest BCUT2D eigenvalue weighted by atomic mass is 79.9. The van der Waals surface area contributed by atoms with E-state index < -0.39 is 0 Å². The molecule has 5 nitrogen and oxygen atoms in total. The Labute approximate surface area is 160 Å². The lowest BCUT2D eigenvalue weighted by atomic mass is 10.0. The Morgan fingerprint density at radius 3 is 2.85 bits per heavy atom. The molecule has 2 aromatic carbocycles. The summed E-state index contributed by atoms with van der Waals surface area (Å²) in [5.41, 5.74) is 1.21. The van der Waals surface area contributed by atoms with Crippen molar-refractivity contribution in [1.82, 2.24) is 10.3 Å². The van der Waals surface area contributed by atoms with E-state index in [0.717, 1.165) is 20.8 Å². The van der Waals surface area contributed by atoms with Crippen LogP contribution in [0.4, 0.5) is 0 Å². The Morgan fingerprint density at radius 1 is 1.23 bits per heavy atom. The second-order valence-electron chi connectivity index (χ2n) is 5.88. The van der Waals surface area contributed by atoms with Gasteiger partial charge in [-0.2, -0.15) is 0 Å². The highest BCUT2D eigenvalue weighted by Gasteiger charge is 2.17. The Bertz CT molecular complexity index is 930. The third-order valence-electron chi connectivity index (χ3n) is 4.14. The first-order chi connectivity index (χ1) is 12.6. The first-order valence-electron chi connectivity index (χ1n) is 8.21. The number of hydrogen-bond acceptors (Lipinski definition) is 4. The predicted molar refractivity (Wildman–Crippen MR) is 104 cm³/mol. The molecule has 0 radical (unpaired) electrons. The van der Waals surface area contributed by atoms with Crippen molar-refractivity contribution in [2.45, 2.75) is 12.5 Å². The van der Waals surface area contributed by atoms with Gasteiger partial charge in [-0.25, -0.2) is 0 Å². The molecule has 0 aliphatic heterocycles. The summed E-state index contributed by atoms with van der Waals surface area (Å²) in [6, 6.07) is 14.7. The monoisotopic (exact) mass is 414 g/mol. The Morgan fingerprint density at radius 2 is 2.08 bits per heavy atom. The molecule has 0 spiro atoms. The van der Waals surface area contributed by atoms with E-state index >= 15 is 0 Å². The fourth-order valence-corrected chi connectivity index (χ4v) is 3.16. The molecular formula is C20H19BrN2O3. The van der Waals surface area contributed by atoms with Crippen LogP contribution in [0.5, 0.6) is 5.75 Å². The van der Waals surface area contributed by atoms with E-state index in [2.05, 4.69) is 26.2 Å². The molecule has 0 aliphatic carbocycles. The van der Waals surface area contributed by atoms with Crippen LogP contribution in [0.15, 0.2) is 59.2 Å². The van der Waals surface area contributed by atoms with Gasteiger partial charge in [0.05, 0.1) is 13.2 Å². The number of carbonyl (C=O) groups is 1. The van der Waals surface area contributed by atoms with Crippen LogP contribution in [-0.4, -0.2) is 29.7 Å². The van der Waals surface area contributed by atoms with Crippen molar-refractivity contribution in [3.63, 3.8) is 0 Å². The van der Waals surface area contributed by atoms with Crippen LogP contribution in [-0.2, 0) is 0 Å². The molecule has 1 heterocycles. The lowest BCUT2D eigenvalue weighted by Crippen LogP contribution is -2.29. The van der Waals surface area contributed by atoms with E-state index in [1.54, 1.807) is 19.4 Å². The minimum Gasteiger partial charge on any atom is -0.497 e. The number of methoxy groups -OCH3 is 1. The molecular weight excluding hydrogens is 396 g/mol. The molecule has 0 saturated carbocycles. The molecule has 6 heteroatoms. The van der Waals surface area contributed by atoms with E-state index in [1.165, 1.54) is 0 Å². The third-order valence-corrected chi connectivity index (χ3v) is 4.63. The maximum absolute atomic E-state index is 12.7. The summed E-state index contributed by atoms with van der Waals surface area (Å²) < 4.78 is 6.18. The number of ether oxygens (including phenoxy) is 1. The SMILES string of the molecule is COc1cccc(C(CCO)NC(=O)c2cc3cc(Br)ccc3cn2)c1. The number of carbonyl (C=O) groups excluding carboxylic acids is 1. The van der Waals surface area contributed by atoms with E-state index in [4.69, 9.17) is 4.74 Å². The zero-order chi connectivity index (χ0) is 18.5. The number of fused-ring (bicyclic) bond motifs is 1. The minimum atomic E-state index is -0.331. The lowest BCUT2D eigenvalue weighted by Gasteiger charge is -2.19. The average Bonchev–Trinajstić information content (AvgIpc) is 2.67. The van der Waals surface area contributed by atoms with Gasteiger partial charge in [0, 0.05) is 22.7 Å². The van der Waals surface area contributed by atoms with Gasteiger partial charge in [-0.1, -0.05) is 34.1 Å². The molecule has 1 amide bonds. The van der Waals surface area contributed by atoms with Crippen LogP contribution in [0.3, 0.4) is 0 Å². The molecule has 2 N–H and O–H groups in total. The molecule has 0 fully saturated rings. The lowest BCUT2D eigenvalue weighted by molar-refractivity contribution is 0.0925. The highest BCUT2D eigenvalue weighted by molar-refractivity contribution is 9.10. The second kappa shape index (κ2) is 8.29. The summed E-state index contributed by atoms with van der Waals surface area (Å²) in [5, 5.41) is 14.2. The standard InChI is InChI=1S/C20H19BrN2O3/c1-26-17-4-2-3-13(10-17)18(7-8-24)23-20(25)19-11-15-9-16(21)6-5-14(15)12-22-19/h2-6,9-12,18,24H,7-8H2,1H3,(H,23,25). The van der Waals surface area contributed by atoms with Crippen molar-refractivity contribution >= 4 is 32.6 Å². The molecule has 1 atom stereocenters. The van der Waals surface area contributed by atoms with Crippen LogP contribution >= 0.6 is 15.9 Å². The van der Waals surface area contributed by atoms with Crippen LogP contribution in [0, 0.1) is 0 Å². The number of nitrogens with zero attached hydrogens (tertiary/aromatic N) is 1. The summed E-state index contributed by atoms with van der Waals surface area (Å²) >= 11 is 3.44. The van der Waals surface area contributed by atoms with Crippen LogP contribution in [0.25, 0.3) is 10.8 Å². The third kappa shape index (κ3) is 4.20.